The Morgan fingerprint density at radius 3 is 2.50 bits per heavy atom. The van der Waals surface area contributed by atoms with Gasteiger partial charge in [0.15, 0.2) is 5.96 Å². The van der Waals surface area contributed by atoms with Crippen LogP contribution >= 0.6 is 35.3 Å². The molecule has 3 heterocycles. The third-order valence-corrected chi connectivity index (χ3v) is 6.96. The Bertz CT molecular complexity index is 597. The van der Waals surface area contributed by atoms with Crippen LogP contribution in [0.1, 0.15) is 37.6 Å². The molecule has 2 N–H and O–H groups in total. The van der Waals surface area contributed by atoms with Crippen molar-refractivity contribution in [3.63, 3.8) is 0 Å². The van der Waals surface area contributed by atoms with Crippen LogP contribution in [0.5, 0.6) is 0 Å². The Morgan fingerprint density at radius 1 is 1.13 bits per heavy atom. The molecule has 2 aliphatic heterocycles. The minimum atomic E-state index is 0. The van der Waals surface area contributed by atoms with Gasteiger partial charge in [-0.1, -0.05) is 13.0 Å². The van der Waals surface area contributed by atoms with Crippen LogP contribution in [0.3, 0.4) is 0 Å². The van der Waals surface area contributed by atoms with E-state index in [0.717, 1.165) is 32.1 Å². The van der Waals surface area contributed by atoms with E-state index in [1.165, 1.54) is 57.0 Å². The number of aliphatic imine (C=N–C) groups is 1. The van der Waals surface area contributed by atoms with Crippen molar-refractivity contribution in [2.45, 2.75) is 32.7 Å². The molecule has 2 fully saturated rings. The average molecular weight is 549 g/mol. The lowest BCUT2D eigenvalue weighted by molar-refractivity contribution is 0.140. The van der Waals surface area contributed by atoms with E-state index < -0.39 is 0 Å². The van der Waals surface area contributed by atoms with Crippen LogP contribution in [0, 0.1) is 5.92 Å². The Kier molecular flexibility index (Phi) is 12.0. The summed E-state index contributed by atoms with van der Waals surface area (Å²) in [5, 5.41) is 9.27. The monoisotopic (exact) mass is 548 g/mol. The Hall–Kier alpha value is -0.420. The zero-order valence-corrected chi connectivity index (χ0v) is 22.1. The molecule has 0 saturated carbocycles. The van der Waals surface area contributed by atoms with Crippen LogP contribution in [0.15, 0.2) is 22.5 Å². The molecule has 6 nitrogen and oxygen atoms in total. The molecule has 0 amide bonds. The quantitative estimate of drug-likeness (QED) is 0.283. The molecule has 0 spiro atoms. The Morgan fingerprint density at radius 2 is 1.87 bits per heavy atom. The molecule has 0 aromatic carbocycles. The van der Waals surface area contributed by atoms with E-state index in [1.54, 1.807) is 0 Å². The van der Waals surface area contributed by atoms with Crippen molar-refractivity contribution in [1.82, 2.24) is 25.3 Å². The number of hydrogen-bond donors (Lipinski definition) is 2. The third-order valence-electron chi connectivity index (χ3n) is 5.99. The predicted octanol–water partition coefficient (Wildman–Crippen LogP) is 2.94. The summed E-state index contributed by atoms with van der Waals surface area (Å²) in [4.78, 5) is 14.0. The number of piperazine rings is 1. The van der Waals surface area contributed by atoms with Crippen molar-refractivity contribution in [2.24, 2.45) is 10.9 Å². The fourth-order valence-electron chi connectivity index (χ4n) is 4.25. The van der Waals surface area contributed by atoms with Crippen LogP contribution in [-0.2, 0) is 0 Å². The standard InChI is InChI=1S/C22H40N6S.HI/c1-4-23-22(24-16-19(2)18-27-13-11-26(3)12-14-27)25-17-20(21-8-7-15-29-21)28-9-5-6-10-28;/h7-8,15,19-20H,4-6,9-14,16-18H2,1-3H3,(H2,23,24,25);1H. The number of guanidine groups is 1. The van der Waals surface area contributed by atoms with Crippen molar-refractivity contribution in [1.29, 1.82) is 0 Å². The first-order valence-corrected chi connectivity index (χ1v) is 12.2. The molecular weight excluding hydrogens is 507 g/mol. The first-order chi connectivity index (χ1) is 14.2. The third kappa shape index (κ3) is 8.26. The zero-order chi connectivity index (χ0) is 20.5. The number of nitrogens with zero attached hydrogens (tertiary/aromatic N) is 4. The predicted molar refractivity (Wildman–Crippen MR) is 140 cm³/mol. The van der Waals surface area contributed by atoms with Gasteiger partial charge in [-0.05, 0) is 57.3 Å². The first kappa shape index (κ1) is 25.8. The van der Waals surface area contributed by atoms with Crippen molar-refractivity contribution in [3.8, 4) is 0 Å². The molecule has 172 valence electrons. The van der Waals surface area contributed by atoms with Crippen molar-refractivity contribution in [3.05, 3.63) is 22.4 Å². The Balaban J connectivity index is 0.00000320. The van der Waals surface area contributed by atoms with Crippen LogP contribution < -0.4 is 10.6 Å². The van der Waals surface area contributed by atoms with Gasteiger partial charge in [-0.15, -0.1) is 35.3 Å². The lowest BCUT2D eigenvalue weighted by atomic mass is 10.1. The molecule has 0 radical (unpaired) electrons. The summed E-state index contributed by atoms with van der Waals surface area (Å²) in [7, 11) is 2.21. The zero-order valence-electron chi connectivity index (χ0n) is 19.0. The number of thiophene rings is 1. The fraction of sp³-hybridized carbons (Fsp3) is 0.773. The highest BCUT2D eigenvalue weighted by Gasteiger charge is 2.24. The number of halogens is 1. The molecule has 8 heteroatoms. The summed E-state index contributed by atoms with van der Waals surface area (Å²) in [5.41, 5.74) is 0. The molecule has 1 aromatic heterocycles. The van der Waals surface area contributed by atoms with Crippen molar-refractivity contribution in [2.75, 3.05) is 72.5 Å². The van der Waals surface area contributed by atoms with E-state index in [-0.39, 0.29) is 24.0 Å². The molecular formula is C22H41IN6S. The second-order valence-electron chi connectivity index (χ2n) is 8.58. The summed E-state index contributed by atoms with van der Waals surface area (Å²) in [5.74, 6) is 1.53. The number of likely N-dealkylation sites (N-methyl/N-ethyl adjacent to an activating group) is 1. The molecule has 2 aliphatic rings. The van der Waals surface area contributed by atoms with Gasteiger partial charge in [-0.3, -0.25) is 9.89 Å². The molecule has 2 atom stereocenters. The summed E-state index contributed by atoms with van der Waals surface area (Å²) in [6.07, 6.45) is 2.64. The van der Waals surface area contributed by atoms with Crippen molar-refractivity contribution < 1.29 is 0 Å². The van der Waals surface area contributed by atoms with Gasteiger partial charge in [0.25, 0.3) is 0 Å². The molecule has 30 heavy (non-hydrogen) atoms. The average Bonchev–Trinajstić information content (AvgIpc) is 3.43. The minimum Gasteiger partial charge on any atom is -0.357 e. The van der Waals surface area contributed by atoms with Gasteiger partial charge in [-0.25, -0.2) is 0 Å². The van der Waals surface area contributed by atoms with Gasteiger partial charge in [0.1, 0.15) is 0 Å². The lowest BCUT2D eigenvalue weighted by Gasteiger charge is -2.33. The first-order valence-electron chi connectivity index (χ1n) is 11.4. The van der Waals surface area contributed by atoms with Gasteiger partial charge in [0, 0.05) is 57.2 Å². The van der Waals surface area contributed by atoms with E-state index in [4.69, 9.17) is 4.99 Å². The molecule has 0 bridgehead atoms. The second kappa shape index (κ2) is 13.9. The van der Waals surface area contributed by atoms with Crippen LogP contribution in [-0.4, -0.2) is 93.2 Å². The van der Waals surface area contributed by atoms with Crippen LogP contribution in [0.2, 0.25) is 0 Å². The topological polar surface area (TPSA) is 46.1 Å². The maximum absolute atomic E-state index is 4.92. The van der Waals surface area contributed by atoms with Crippen molar-refractivity contribution >= 4 is 41.3 Å². The highest BCUT2D eigenvalue weighted by Crippen LogP contribution is 2.27. The normalized spacial score (nSPS) is 21.2. The van der Waals surface area contributed by atoms with Gasteiger partial charge >= 0.3 is 0 Å². The van der Waals surface area contributed by atoms with E-state index in [1.807, 2.05) is 11.3 Å². The van der Waals surface area contributed by atoms with Gasteiger partial charge in [0.2, 0.25) is 0 Å². The van der Waals surface area contributed by atoms with Crippen LogP contribution in [0.4, 0.5) is 0 Å². The van der Waals surface area contributed by atoms with Gasteiger partial charge in [-0.2, -0.15) is 0 Å². The fourth-order valence-corrected chi connectivity index (χ4v) is 5.12. The molecule has 3 rings (SSSR count). The SMILES string of the molecule is CCNC(=NCC(C)CN1CCN(C)CC1)NCC(c1cccs1)N1CCCC1.I. The smallest absolute Gasteiger partial charge is 0.191 e. The largest absolute Gasteiger partial charge is 0.357 e. The number of likely N-dealkylation sites (tertiary alicyclic amines) is 1. The maximum Gasteiger partial charge on any atom is 0.191 e. The summed E-state index contributed by atoms with van der Waals surface area (Å²) in [6, 6.07) is 4.89. The van der Waals surface area contributed by atoms with Gasteiger partial charge in [0.05, 0.1) is 6.04 Å². The van der Waals surface area contributed by atoms with E-state index in [9.17, 15) is 0 Å². The van der Waals surface area contributed by atoms with E-state index in [0.29, 0.717) is 12.0 Å². The van der Waals surface area contributed by atoms with Crippen LogP contribution in [0.25, 0.3) is 0 Å². The number of nitrogens with one attached hydrogen (secondary N) is 2. The second-order valence-corrected chi connectivity index (χ2v) is 9.56. The molecule has 0 aliphatic carbocycles. The number of hydrogen-bond acceptors (Lipinski definition) is 5. The van der Waals surface area contributed by atoms with E-state index in [2.05, 4.69) is 63.7 Å². The highest BCUT2D eigenvalue weighted by atomic mass is 127. The molecule has 1 aromatic rings. The van der Waals surface area contributed by atoms with Gasteiger partial charge < -0.3 is 20.4 Å². The summed E-state index contributed by atoms with van der Waals surface area (Å²) in [6.45, 7) is 15.4. The highest BCUT2D eigenvalue weighted by molar-refractivity contribution is 14.0. The molecule has 2 unspecified atom stereocenters. The number of rotatable bonds is 9. The lowest BCUT2D eigenvalue weighted by Crippen LogP contribution is -2.46. The summed E-state index contributed by atoms with van der Waals surface area (Å²) >= 11 is 1.87. The van der Waals surface area contributed by atoms with E-state index >= 15 is 0 Å². The summed E-state index contributed by atoms with van der Waals surface area (Å²) < 4.78 is 0. The molecule has 2 saturated heterocycles. The maximum atomic E-state index is 4.92. The minimum absolute atomic E-state index is 0. The Labute approximate surface area is 204 Å².